The van der Waals surface area contributed by atoms with E-state index in [9.17, 15) is 0 Å². The summed E-state index contributed by atoms with van der Waals surface area (Å²) in [5, 5.41) is 1.05. The Kier molecular flexibility index (Phi) is 3.87. The second-order valence-electron chi connectivity index (χ2n) is 9.33. The fourth-order valence-electron chi connectivity index (χ4n) is 5.67. The van der Waals surface area contributed by atoms with Crippen LogP contribution in [0, 0.1) is 17.8 Å². The number of pyridine rings is 1. The van der Waals surface area contributed by atoms with Crippen molar-refractivity contribution in [2.45, 2.75) is 53.0 Å². The first-order chi connectivity index (χ1) is 12.3. The van der Waals surface area contributed by atoms with Crippen LogP contribution in [0.5, 0.6) is 11.5 Å². The minimum absolute atomic E-state index is 0.384. The lowest BCUT2D eigenvalue weighted by Crippen LogP contribution is -2.35. The number of anilines is 1. The van der Waals surface area contributed by atoms with Gasteiger partial charge < -0.3 is 14.4 Å². The first-order valence-corrected chi connectivity index (χ1v) is 9.54. The van der Waals surface area contributed by atoms with Gasteiger partial charge in [-0.1, -0.05) is 20.8 Å². The quantitative estimate of drug-likeness (QED) is 0.780. The van der Waals surface area contributed by atoms with Gasteiger partial charge in [-0.2, -0.15) is 0 Å². The van der Waals surface area contributed by atoms with E-state index in [1.807, 2.05) is 12.1 Å². The molecule has 1 saturated carbocycles. The number of methoxy groups -OCH3 is 2. The van der Waals surface area contributed by atoms with Crippen molar-refractivity contribution >= 4 is 16.7 Å². The van der Waals surface area contributed by atoms with E-state index < -0.39 is 0 Å². The number of benzene rings is 1. The molecular weight excluding hydrogens is 324 g/mol. The van der Waals surface area contributed by atoms with Gasteiger partial charge in [-0.3, -0.25) is 0 Å². The van der Waals surface area contributed by atoms with Gasteiger partial charge in [-0.05, 0) is 60.8 Å². The van der Waals surface area contributed by atoms with Crippen LogP contribution < -0.4 is 14.4 Å². The van der Waals surface area contributed by atoms with Gasteiger partial charge in [0.2, 0.25) is 0 Å². The van der Waals surface area contributed by atoms with Crippen LogP contribution in [0.2, 0.25) is 0 Å². The monoisotopic (exact) mass is 354 g/mol. The molecule has 2 aliphatic rings. The van der Waals surface area contributed by atoms with E-state index in [-0.39, 0.29) is 0 Å². The predicted molar refractivity (Wildman–Crippen MR) is 106 cm³/mol. The molecule has 4 heteroatoms. The Morgan fingerprint density at radius 2 is 1.77 bits per heavy atom. The fraction of sp³-hybridized carbons (Fsp3) is 0.591. The largest absolute Gasteiger partial charge is 0.496 e. The molecule has 0 amide bonds. The van der Waals surface area contributed by atoms with Crippen LogP contribution in [-0.2, 0) is 0 Å². The highest BCUT2D eigenvalue weighted by molar-refractivity contribution is 5.94. The molecule has 26 heavy (non-hydrogen) atoms. The van der Waals surface area contributed by atoms with Gasteiger partial charge >= 0.3 is 0 Å². The van der Waals surface area contributed by atoms with Crippen molar-refractivity contribution in [3.05, 3.63) is 23.8 Å². The Bertz CT molecular complexity index is 861. The van der Waals surface area contributed by atoms with Gasteiger partial charge in [0.1, 0.15) is 22.8 Å². The van der Waals surface area contributed by atoms with Crippen molar-refractivity contribution in [2.24, 2.45) is 10.8 Å². The number of hydrogen-bond acceptors (Lipinski definition) is 4. The zero-order valence-corrected chi connectivity index (χ0v) is 16.8. The SMILES string of the molecule is COc1ccc(OC)c2c(C)cc(N3C[C@]4(C)C[C@@H]3CC(C)(C)C4)nc12. The minimum atomic E-state index is 0.384. The molecule has 0 unspecified atom stereocenters. The summed E-state index contributed by atoms with van der Waals surface area (Å²) in [6, 6.07) is 6.71. The topological polar surface area (TPSA) is 34.6 Å². The van der Waals surface area contributed by atoms with Crippen LogP contribution >= 0.6 is 0 Å². The van der Waals surface area contributed by atoms with Crippen LogP contribution in [0.4, 0.5) is 5.82 Å². The third kappa shape index (κ3) is 2.70. The number of fused-ring (bicyclic) bond motifs is 3. The average molecular weight is 354 g/mol. The standard InChI is InChI=1S/C22H30N2O2/c1-14-9-18(23-20-17(26-6)8-7-16(25-5)19(14)20)24-13-22(4)11-15(24)10-21(2,3)12-22/h7-9,15H,10-13H2,1-6H3/t15-,22+/m0/s1. The van der Waals surface area contributed by atoms with Crippen molar-refractivity contribution in [3.8, 4) is 11.5 Å². The molecule has 1 saturated heterocycles. The molecule has 1 aromatic heterocycles. The number of hydrogen-bond donors (Lipinski definition) is 0. The molecule has 0 N–H and O–H groups in total. The number of aromatic nitrogens is 1. The zero-order valence-electron chi connectivity index (χ0n) is 16.8. The molecule has 1 aliphatic heterocycles. The smallest absolute Gasteiger partial charge is 0.145 e. The highest BCUT2D eigenvalue weighted by Crippen LogP contribution is 2.53. The summed E-state index contributed by atoms with van der Waals surface area (Å²) in [5.41, 5.74) is 2.87. The molecule has 2 atom stereocenters. The summed E-state index contributed by atoms with van der Waals surface area (Å²) in [5.74, 6) is 2.73. The Morgan fingerprint density at radius 1 is 1.08 bits per heavy atom. The maximum absolute atomic E-state index is 5.60. The van der Waals surface area contributed by atoms with E-state index in [0.717, 1.165) is 34.8 Å². The molecular formula is C22H30N2O2. The van der Waals surface area contributed by atoms with Crippen LogP contribution in [-0.4, -0.2) is 31.8 Å². The number of ether oxygens (including phenoxy) is 2. The summed E-state index contributed by atoms with van der Waals surface area (Å²) in [7, 11) is 3.42. The van der Waals surface area contributed by atoms with Crippen molar-refractivity contribution in [1.82, 2.24) is 4.98 Å². The lowest BCUT2D eigenvalue weighted by molar-refractivity contribution is 0.136. The van der Waals surface area contributed by atoms with Crippen molar-refractivity contribution < 1.29 is 9.47 Å². The molecule has 1 aliphatic carbocycles. The number of rotatable bonds is 3. The van der Waals surface area contributed by atoms with Gasteiger partial charge in [-0.15, -0.1) is 0 Å². The Hall–Kier alpha value is -1.97. The van der Waals surface area contributed by atoms with Crippen molar-refractivity contribution in [2.75, 3.05) is 25.7 Å². The van der Waals surface area contributed by atoms with Crippen LogP contribution in [0.25, 0.3) is 10.9 Å². The first-order valence-electron chi connectivity index (χ1n) is 9.54. The van der Waals surface area contributed by atoms with E-state index >= 15 is 0 Å². The van der Waals surface area contributed by atoms with Gasteiger partial charge in [0.15, 0.2) is 0 Å². The Morgan fingerprint density at radius 3 is 2.46 bits per heavy atom. The maximum Gasteiger partial charge on any atom is 0.145 e. The Balaban J connectivity index is 1.84. The van der Waals surface area contributed by atoms with E-state index in [1.165, 1.54) is 24.8 Å². The lowest BCUT2D eigenvalue weighted by atomic mass is 9.65. The maximum atomic E-state index is 5.60. The summed E-state index contributed by atoms with van der Waals surface area (Å²) >= 11 is 0. The van der Waals surface area contributed by atoms with E-state index in [0.29, 0.717) is 16.9 Å². The van der Waals surface area contributed by atoms with Gasteiger partial charge in [0, 0.05) is 18.0 Å². The van der Waals surface area contributed by atoms with Crippen LogP contribution in [0.15, 0.2) is 18.2 Å². The number of nitrogens with zero attached hydrogens (tertiary/aromatic N) is 2. The molecule has 0 spiro atoms. The minimum Gasteiger partial charge on any atom is -0.496 e. The summed E-state index contributed by atoms with van der Waals surface area (Å²) in [6.07, 6.45) is 3.79. The molecule has 1 aromatic carbocycles. The fourth-order valence-corrected chi connectivity index (χ4v) is 5.67. The number of aryl methyl sites for hydroxylation is 1. The molecule has 140 valence electrons. The molecule has 2 aromatic rings. The summed E-state index contributed by atoms with van der Waals surface area (Å²) in [4.78, 5) is 7.60. The Labute approximate surface area is 156 Å². The third-order valence-corrected chi connectivity index (χ3v) is 6.22. The van der Waals surface area contributed by atoms with Crippen LogP contribution in [0.1, 0.15) is 45.6 Å². The molecule has 4 nitrogen and oxygen atoms in total. The summed E-state index contributed by atoms with van der Waals surface area (Å²) < 4.78 is 11.2. The zero-order chi connectivity index (χ0) is 18.7. The van der Waals surface area contributed by atoms with E-state index in [1.54, 1.807) is 14.2 Å². The predicted octanol–water partition coefficient (Wildman–Crippen LogP) is 4.97. The molecule has 4 rings (SSSR count). The van der Waals surface area contributed by atoms with Gasteiger partial charge in [-0.25, -0.2) is 4.98 Å². The van der Waals surface area contributed by atoms with Gasteiger partial charge in [0.05, 0.1) is 14.2 Å². The normalized spacial score (nSPS) is 27.0. The van der Waals surface area contributed by atoms with Crippen LogP contribution in [0.3, 0.4) is 0 Å². The highest BCUT2D eigenvalue weighted by atomic mass is 16.5. The molecule has 2 fully saturated rings. The second kappa shape index (κ2) is 5.77. The first kappa shape index (κ1) is 17.4. The average Bonchev–Trinajstić information content (AvgIpc) is 2.82. The third-order valence-electron chi connectivity index (χ3n) is 6.22. The van der Waals surface area contributed by atoms with Crippen molar-refractivity contribution in [1.29, 1.82) is 0 Å². The molecule has 2 heterocycles. The van der Waals surface area contributed by atoms with Gasteiger partial charge in [0.25, 0.3) is 0 Å². The molecule has 0 radical (unpaired) electrons. The molecule has 2 bridgehead atoms. The summed E-state index contributed by atoms with van der Waals surface area (Å²) in [6.45, 7) is 10.5. The second-order valence-corrected chi connectivity index (χ2v) is 9.33. The van der Waals surface area contributed by atoms with E-state index in [4.69, 9.17) is 14.5 Å². The van der Waals surface area contributed by atoms with E-state index in [2.05, 4.69) is 38.7 Å². The lowest BCUT2D eigenvalue weighted by Gasteiger charge is -2.39. The highest BCUT2D eigenvalue weighted by Gasteiger charge is 2.50. The van der Waals surface area contributed by atoms with Crippen molar-refractivity contribution in [3.63, 3.8) is 0 Å².